The summed E-state index contributed by atoms with van der Waals surface area (Å²) >= 11 is 5.87. The minimum absolute atomic E-state index is 0.154. The van der Waals surface area contributed by atoms with Crippen molar-refractivity contribution < 1.29 is 19.1 Å². The van der Waals surface area contributed by atoms with Gasteiger partial charge in [0.05, 0.1) is 13.2 Å². The number of methoxy groups -OCH3 is 1. The minimum atomic E-state index is -0.576. The highest BCUT2D eigenvalue weighted by atomic mass is 35.5. The molecule has 0 aliphatic rings. The van der Waals surface area contributed by atoms with Crippen LogP contribution in [-0.2, 0) is 9.59 Å². The first-order valence-corrected chi connectivity index (χ1v) is 8.60. The molecule has 2 aromatic carbocycles. The molecule has 0 bridgehead atoms. The van der Waals surface area contributed by atoms with E-state index in [4.69, 9.17) is 26.8 Å². The highest BCUT2D eigenvalue weighted by Crippen LogP contribution is 2.28. The van der Waals surface area contributed by atoms with E-state index in [1.54, 1.807) is 36.4 Å². The number of amides is 2. The summed E-state index contributed by atoms with van der Waals surface area (Å²) in [6, 6.07) is 12.2. The van der Waals surface area contributed by atoms with Crippen molar-refractivity contribution in [3.05, 3.63) is 64.7 Å². The molecular formula is C20H21ClN2O4. The van der Waals surface area contributed by atoms with Crippen LogP contribution >= 0.6 is 11.6 Å². The van der Waals surface area contributed by atoms with Crippen LogP contribution in [0.2, 0.25) is 5.02 Å². The Hall–Kier alpha value is -2.99. The highest BCUT2D eigenvalue weighted by molar-refractivity contribution is 6.30. The van der Waals surface area contributed by atoms with E-state index in [1.807, 2.05) is 19.1 Å². The topological polar surface area (TPSA) is 90.7 Å². The standard InChI is InChI=1S/C20H21ClN2O4/c1-13(15-5-7-16(21)8-6-15)23-20(25)10-4-14-3-9-17(18(11-14)26-2)27-12-19(22)24/h3-11,13H,12H2,1-2H3,(H2,22,24)(H,23,25)/b10-4+. The summed E-state index contributed by atoms with van der Waals surface area (Å²) in [4.78, 5) is 23.0. The third-order valence-electron chi connectivity index (χ3n) is 3.71. The SMILES string of the molecule is COc1cc(/C=C/C(=O)NC(C)c2ccc(Cl)cc2)ccc1OCC(N)=O. The third-order valence-corrected chi connectivity index (χ3v) is 3.97. The molecule has 1 atom stereocenters. The van der Waals surface area contributed by atoms with Crippen molar-refractivity contribution in [2.24, 2.45) is 5.73 Å². The molecule has 3 N–H and O–H groups in total. The van der Waals surface area contributed by atoms with E-state index in [1.165, 1.54) is 13.2 Å². The van der Waals surface area contributed by atoms with Crippen LogP contribution in [0.25, 0.3) is 6.08 Å². The van der Waals surface area contributed by atoms with Gasteiger partial charge in [-0.15, -0.1) is 0 Å². The fourth-order valence-electron chi connectivity index (χ4n) is 2.32. The number of carbonyl (C=O) groups excluding carboxylic acids is 2. The number of hydrogen-bond acceptors (Lipinski definition) is 4. The van der Waals surface area contributed by atoms with Crippen molar-refractivity contribution >= 4 is 29.5 Å². The Balaban J connectivity index is 2.00. The molecular weight excluding hydrogens is 368 g/mol. The smallest absolute Gasteiger partial charge is 0.255 e. The van der Waals surface area contributed by atoms with Gasteiger partial charge in [0.15, 0.2) is 18.1 Å². The molecule has 0 fully saturated rings. The predicted octanol–water partition coefficient (Wildman–Crippen LogP) is 3.10. The van der Waals surface area contributed by atoms with Gasteiger partial charge in [-0.1, -0.05) is 29.8 Å². The van der Waals surface area contributed by atoms with E-state index in [-0.39, 0.29) is 18.6 Å². The van der Waals surface area contributed by atoms with E-state index in [2.05, 4.69) is 5.32 Å². The van der Waals surface area contributed by atoms with Gasteiger partial charge in [-0.2, -0.15) is 0 Å². The van der Waals surface area contributed by atoms with Crippen LogP contribution in [0, 0.1) is 0 Å². The Kier molecular flexibility index (Phi) is 7.25. The third kappa shape index (κ3) is 6.34. The second-order valence-corrected chi connectivity index (χ2v) is 6.22. The summed E-state index contributed by atoms with van der Waals surface area (Å²) in [5, 5.41) is 3.53. The molecule has 27 heavy (non-hydrogen) atoms. The Morgan fingerprint density at radius 2 is 1.89 bits per heavy atom. The maximum Gasteiger partial charge on any atom is 0.255 e. The molecule has 2 amide bonds. The van der Waals surface area contributed by atoms with Crippen LogP contribution in [0.4, 0.5) is 0 Å². The number of nitrogens with one attached hydrogen (secondary N) is 1. The largest absolute Gasteiger partial charge is 0.493 e. The zero-order chi connectivity index (χ0) is 19.8. The number of halogens is 1. The average Bonchev–Trinajstić information content (AvgIpc) is 2.65. The monoisotopic (exact) mass is 388 g/mol. The zero-order valence-electron chi connectivity index (χ0n) is 15.1. The number of rotatable bonds is 8. The molecule has 0 heterocycles. The summed E-state index contributed by atoms with van der Waals surface area (Å²) in [5.74, 6) is 0.0283. The van der Waals surface area contributed by atoms with Gasteiger partial charge in [0.25, 0.3) is 5.91 Å². The van der Waals surface area contributed by atoms with Gasteiger partial charge in [0.2, 0.25) is 5.91 Å². The van der Waals surface area contributed by atoms with Crippen LogP contribution in [0.15, 0.2) is 48.5 Å². The lowest BCUT2D eigenvalue weighted by Crippen LogP contribution is -2.24. The second kappa shape index (κ2) is 9.64. The number of carbonyl (C=O) groups is 2. The quantitative estimate of drug-likeness (QED) is 0.680. The van der Waals surface area contributed by atoms with Gasteiger partial charge >= 0.3 is 0 Å². The lowest BCUT2D eigenvalue weighted by molar-refractivity contribution is -0.120. The van der Waals surface area contributed by atoms with Crippen molar-refractivity contribution in [3.8, 4) is 11.5 Å². The molecule has 0 aliphatic carbocycles. The Bertz CT molecular complexity index is 834. The molecule has 2 rings (SSSR count). The van der Waals surface area contributed by atoms with Crippen LogP contribution in [0.1, 0.15) is 24.1 Å². The fraction of sp³-hybridized carbons (Fsp3) is 0.200. The second-order valence-electron chi connectivity index (χ2n) is 5.78. The van der Waals surface area contributed by atoms with Gasteiger partial charge in [-0.25, -0.2) is 0 Å². The maximum absolute atomic E-state index is 12.1. The van der Waals surface area contributed by atoms with Gasteiger partial charge < -0.3 is 20.5 Å². The van der Waals surface area contributed by atoms with Crippen LogP contribution in [-0.4, -0.2) is 25.5 Å². The molecule has 0 saturated heterocycles. The summed E-state index contributed by atoms with van der Waals surface area (Å²) in [7, 11) is 1.49. The van der Waals surface area contributed by atoms with Crippen LogP contribution in [0.5, 0.6) is 11.5 Å². The highest BCUT2D eigenvalue weighted by Gasteiger charge is 2.09. The van der Waals surface area contributed by atoms with Gasteiger partial charge in [0.1, 0.15) is 0 Å². The van der Waals surface area contributed by atoms with E-state index < -0.39 is 5.91 Å². The maximum atomic E-state index is 12.1. The lowest BCUT2D eigenvalue weighted by Gasteiger charge is -2.13. The van der Waals surface area contributed by atoms with Crippen molar-refractivity contribution in [1.82, 2.24) is 5.32 Å². The van der Waals surface area contributed by atoms with Crippen molar-refractivity contribution in [1.29, 1.82) is 0 Å². The molecule has 142 valence electrons. The number of primary amides is 1. The summed E-state index contributed by atoms with van der Waals surface area (Å²) in [5.41, 5.74) is 6.77. The van der Waals surface area contributed by atoms with E-state index in [9.17, 15) is 9.59 Å². The number of nitrogens with two attached hydrogens (primary N) is 1. The van der Waals surface area contributed by atoms with Gasteiger partial charge in [-0.05, 0) is 48.4 Å². The van der Waals surface area contributed by atoms with E-state index in [0.29, 0.717) is 16.5 Å². The van der Waals surface area contributed by atoms with Crippen LogP contribution < -0.4 is 20.5 Å². The van der Waals surface area contributed by atoms with Gasteiger partial charge in [-0.3, -0.25) is 9.59 Å². The lowest BCUT2D eigenvalue weighted by atomic mass is 10.1. The first-order valence-electron chi connectivity index (χ1n) is 8.22. The minimum Gasteiger partial charge on any atom is -0.493 e. The summed E-state index contributed by atoms with van der Waals surface area (Å²) in [6.07, 6.45) is 3.09. The first-order chi connectivity index (χ1) is 12.9. The predicted molar refractivity (Wildman–Crippen MR) is 105 cm³/mol. The molecule has 2 aromatic rings. The van der Waals surface area contributed by atoms with E-state index in [0.717, 1.165) is 11.1 Å². The molecule has 0 radical (unpaired) electrons. The molecule has 0 aromatic heterocycles. The molecule has 0 spiro atoms. The Morgan fingerprint density at radius 1 is 1.19 bits per heavy atom. The Labute approximate surface area is 162 Å². The molecule has 6 nitrogen and oxygen atoms in total. The van der Waals surface area contributed by atoms with Crippen molar-refractivity contribution in [2.45, 2.75) is 13.0 Å². The molecule has 1 unspecified atom stereocenters. The van der Waals surface area contributed by atoms with Crippen molar-refractivity contribution in [3.63, 3.8) is 0 Å². The average molecular weight is 389 g/mol. The van der Waals surface area contributed by atoms with Crippen LogP contribution in [0.3, 0.4) is 0 Å². The summed E-state index contributed by atoms with van der Waals surface area (Å²) < 4.78 is 10.5. The normalized spacial score (nSPS) is 11.8. The Morgan fingerprint density at radius 3 is 2.52 bits per heavy atom. The fourth-order valence-corrected chi connectivity index (χ4v) is 2.45. The number of hydrogen-bond donors (Lipinski definition) is 2. The molecule has 7 heteroatoms. The number of benzene rings is 2. The van der Waals surface area contributed by atoms with E-state index >= 15 is 0 Å². The number of ether oxygens (including phenoxy) is 2. The molecule has 0 aliphatic heterocycles. The summed E-state index contributed by atoms with van der Waals surface area (Å²) in [6.45, 7) is 1.65. The zero-order valence-corrected chi connectivity index (χ0v) is 15.8. The molecule has 0 saturated carbocycles. The first kappa shape index (κ1) is 20.3. The van der Waals surface area contributed by atoms with Gasteiger partial charge in [0, 0.05) is 11.1 Å². The van der Waals surface area contributed by atoms with Crippen molar-refractivity contribution in [2.75, 3.05) is 13.7 Å².